The molecule has 0 heterocycles. The molecule has 3 heteroatoms. The lowest BCUT2D eigenvalue weighted by Crippen LogP contribution is -2.16. The summed E-state index contributed by atoms with van der Waals surface area (Å²) in [7, 11) is 1.70. The first-order valence-corrected chi connectivity index (χ1v) is 8.23. The second kappa shape index (κ2) is 9.21. The molecule has 124 valence electrons. The van der Waals surface area contributed by atoms with Crippen molar-refractivity contribution in [3.05, 3.63) is 59.7 Å². The van der Waals surface area contributed by atoms with Gasteiger partial charge in [0.2, 0.25) is 0 Å². The largest absolute Gasteiger partial charge is 0.497 e. The van der Waals surface area contributed by atoms with Gasteiger partial charge in [-0.25, -0.2) is 0 Å². The van der Waals surface area contributed by atoms with Crippen LogP contribution in [-0.4, -0.2) is 20.3 Å². The maximum atomic E-state index is 5.77. The molecule has 0 bridgehead atoms. The Kier molecular flexibility index (Phi) is 6.95. The van der Waals surface area contributed by atoms with Crippen molar-refractivity contribution < 1.29 is 9.47 Å². The second-order valence-corrected chi connectivity index (χ2v) is 6.13. The summed E-state index contributed by atoms with van der Waals surface area (Å²) in [6.45, 7) is 6.85. The second-order valence-electron chi connectivity index (χ2n) is 6.13. The van der Waals surface area contributed by atoms with Gasteiger partial charge in [-0.2, -0.15) is 0 Å². The Bertz CT molecular complexity index is 596. The minimum Gasteiger partial charge on any atom is -0.497 e. The zero-order valence-electron chi connectivity index (χ0n) is 14.3. The Hall–Kier alpha value is -2.00. The quantitative estimate of drug-likeness (QED) is 0.708. The van der Waals surface area contributed by atoms with Crippen molar-refractivity contribution in [2.75, 3.05) is 20.3 Å². The van der Waals surface area contributed by atoms with Crippen LogP contribution in [0.15, 0.2) is 48.5 Å². The molecule has 0 aromatic heterocycles. The average Bonchev–Trinajstić information content (AvgIpc) is 2.57. The lowest BCUT2D eigenvalue weighted by Gasteiger charge is -2.10. The average molecular weight is 313 g/mol. The fourth-order valence-electron chi connectivity index (χ4n) is 2.30. The summed E-state index contributed by atoms with van der Waals surface area (Å²) in [5, 5.41) is 3.48. The first kappa shape index (κ1) is 17.4. The zero-order valence-corrected chi connectivity index (χ0v) is 14.3. The van der Waals surface area contributed by atoms with Crippen LogP contribution in [0.3, 0.4) is 0 Å². The lowest BCUT2D eigenvalue weighted by atomic mass is 10.1. The summed E-state index contributed by atoms with van der Waals surface area (Å²) < 4.78 is 11.0. The van der Waals surface area contributed by atoms with Gasteiger partial charge in [-0.3, -0.25) is 0 Å². The molecule has 2 rings (SSSR count). The minimum absolute atomic E-state index is 0.541. The highest BCUT2D eigenvalue weighted by Gasteiger charge is 2.00. The first-order valence-electron chi connectivity index (χ1n) is 8.23. The van der Waals surface area contributed by atoms with Crippen LogP contribution >= 0.6 is 0 Å². The molecule has 0 saturated carbocycles. The van der Waals surface area contributed by atoms with Gasteiger partial charge < -0.3 is 14.8 Å². The van der Waals surface area contributed by atoms with Crippen molar-refractivity contribution in [2.24, 2.45) is 5.92 Å². The molecule has 0 saturated heterocycles. The Morgan fingerprint density at radius 2 is 1.65 bits per heavy atom. The van der Waals surface area contributed by atoms with E-state index in [1.165, 1.54) is 11.1 Å². The lowest BCUT2D eigenvalue weighted by molar-refractivity contribution is 0.271. The van der Waals surface area contributed by atoms with Crippen LogP contribution in [0.4, 0.5) is 0 Å². The Labute approximate surface area is 139 Å². The number of hydrogen-bond acceptors (Lipinski definition) is 3. The highest BCUT2D eigenvalue weighted by atomic mass is 16.5. The van der Waals surface area contributed by atoms with Gasteiger partial charge in [0.15, 0.2) is 0 Å². The van der Waals surface area contributed by atoms with Crippen LogP contribution in [-0.2, 0) is 13.0 Å². The van der Waals surface area contributed by atoms with E-state index in [0.717, 1.165) is 37.6 Å². The van der Waals surface area contributed by atoms with Gasteiger partial charge in [0.05, 0.1) is 13.7 Å². The molecule has 23 heavy (non-hydrogen) atoms. The monoisotopic (exact) mass is 313 g/mol. The van der Waals surface area contributed by atoms with Crippen LogP contribution in [0.25, 0.3) is 0 Å². The Morgan fingerprint density at radius 3 is 2.39 bits per heavy atom. The fraction of sp³-hybridized carbons (Fsp3) is 0.400. The molecule has 0 aliphatic carbocycles. The molecular weight excluding hydrogens is 286 g/mol. The van der Waals surface area contributed by atoms with Gasteiger partial charge >= 0.3 is 0 Å². The highest BCUT2D eigenvalue weighted by Crippen LogP contribution is 2.15. The summed E-state index contributed by atoms with van der Waals surface area (Å²) >= 11 is 0. The summed E-state index contributed by atoms with van der Waals surface area (Å²) in [6.07, 6.45) is 0.987. The number of nitrogens with one attached hydrogen (secondary N) is 1. The molecule has 3 nitrogen and oxygen atoms in total. The normalized spacial score (nSPS) is 10.8. The number of benzene rings is 2. The zero-order chi connectivity index (χ0) is 16.5. The molecule has 0 fully saturated rings. The smallest absolute Gasteiger partial charge is 0.119 e. The number of methoxy groups -OCH3 is 1. The van der Waals surface area contributed by atoms with E-state index >= 15 is 0 Å². The third kappa shape index (κ3) is 6.33. The van der Waals surface area contributed by atoms with Gasteiger partial charge in [-0.15, -0.1) is 0 Å². The van der Waals surface area contributed by atoms with E-state index in [1.54, 1.807) is 7.11 Å². The van der Waals surface area contributed by atoms with Crippen molar-refractivity contribution in [3.8, 4) is 11.5 Å². The maximum absolute atomic E-state index is 5.77. The van der Waals surface area contributed by atoms with Crippen LogP contribution < -0.4 is 14.8 Å². The third-order valence-electron chi connectivity index (χ3n) is 3.54. The van der Waals surface area contributed by atoms with Crippen molar-refractivity contribution in [2.45, 2.75) is 26.8 Å². The molecule has 1 N–H and O–H groups in total. The fourth-order valence-corrected chi connectivity index (χ4v) is 2.30. The standard InChI is InChI=1S/C20H27NO2/c1-16(2)15-23-20-9-5-7-18(13-20)14-21-11-10-17-6-4-8-19(12-17)22-3/h4-9,12-13,16,21H,10-11,14-15H2,1-3H3. The van der Waals surface area contributed by atoms with Crippen LogP contribution in [0, 0.1) is 5.92 Å². The highest BCUT2D eigenvalue weighted by molar-refractivity contribution is 5.29. The summed E-state index contributed by atoms with van der Waals surface area (Å²) in [5.74, 6) is 2.41. The first-order chi connectivity index (χ1) is 11.2. The summed E-state index contributed by atoms with van der Waals surface area (Å²) in [4.78, 5) is 0. The van der Waals surface area contributed by atoms with E-state index in [0.29, 0.717) is 5.92 Å². The van der Waals surface area contributed by atoms with Crippen molar-refractivity contribution in [3.63, 3.8) is 0 Å². The molecule has 0 aliphatic rings. The van der Waals surface area contributed by atoms with Gasteiger partial charge in [-0.05, 0) is 54.3 Å². The van der Waals surface area contributed by atoms with Gasteiger partial charge in [0.25, 0.3) is 0 Å². The molecule has 0 aliphatic heterocycles. The van der Waals surface area contributed by atoms with Crippen molar-refractivity contribution in [1.82, 2.24) is 5.32 Å². The van der Waals surface area contributed by atoms with E-state index in [2.05, 4.69) is 49.5 Å². The molecule has 0 radical (unpaired) electrons. The topological polar surface area (TPSA) is 30.5 Å². The van der Waals surface area contributed by atoms with E-state index < -0.39 is 0 Å². The number of ether oxygens (including phenoxy) is 2. The summed E-state index contributed by atoms with van der Waals surface area (Å²) in [6, 6.07) is 16.5. The number of rotatable bonds is 9. The van der Waals surface area contributed by atoms with Crippen LogP contribution in [0.1, 0.15) is 25.0 Å². The van der Waals surface area contributed by atoms with Crippen molar-refractivity contribution >= 4 is 0 Å². The minimum atomic E-state index is 0.541. The maximum Gasteiger partial charge on any atom is 0.119 e. The van der Waals surface area contributed by atoms with Crippen LogP contribution in [0.2, 0.25) is 0 Å². The predicted molar refractivity (Wildman–Crippen MR) is 95.2 cm³/mol. The Morgan fingerprint density at radius 1 is 0.957 bits per heavy atom. The molecular formula is C20H27NO2. The third-order valence-corrected chi connectivity index (χ3v) is 3.54. The predicted octanol–water partition coefficient (Wildman–Crippen LogP) is 4.06. The van der Waals surface area contributed by atoms with E-state index in [1.807, 2.05) is 18.2 Å². The SMILES string of the molecule is COc1cccc(CCNCc2cccc(OCC(C)C)c2)c1. The number of hydrogen-bond donors (Lipinski definition) is 1. The molecule has 0 atom stereocenters. The Balaban J connectivity index is 1.76. The van der Waals surface area contributed by atoms with Gasteiger partial charge in [-0.1, -0.05) is 38.1 Å². The molecule has 0 spiro atoms. The van der Waals surface area contributed by atoms with Gasteiger partial charge in [0.1, 0.15) is 11.5 Å². The molecule has 0 unspecified atom stereocenters. The summed E-state index contributed by atoms with van der Waals surface area (Å²) in [5.41, 5.74) is 2.53. The van der Waals surface area contributed by atoms with E-state index in [-0.39, 0.29) is 0 Å². The molecule has 0 amide bonds. The van der Waals surface area contributed by atoms with Crippen LogP contribution in [0.5, 0.6) is 11.5 Å². The van der Waals surface area contributed by atoms with E-state index in [9.17, 15) is 0 Å². The van der Waals surface area contributed by atoms with E-state index in [4.69, 9.17) is 9.47 Å². The van der Waals surface area contributed by atoms with Gasteiger partial charge in [0, 0.05) is 6.54 Å². The molecule has 2 aromatic rings. The molecule has 2 aromatic carbocycles. The van der Waals surface area contributed by atoms with Crippen molar-refractivity contribution in [1.29, 1.82) is 0 Å².